The van der Waals surface area contributed by atoms with Gasteiger partial charge < -0.3 is 4.74 Å². The average molecular weight is 432 g/mol. The number of hydrogen-bond donors (Lipinski definition) is 2. The number of carbonyl (C=O) groups excluding carboxylic acids is 2. The van der Waals surface area contributed by atoms with Crippen LogP contribution in [-0.4, -0.2) is 18.4 Å². The van der Waals surface area contributed by atoms with Gasteiger partial charge in [-0.15, -0.1) is 0 Å². The summed E-state index contributed by atoms with van der Waals surface area (Å²) in [5.41, 5.74) is 5.44. The molecule has 24 heavy (non-hydrogen) atoms. The highest BCUT2D eigenvalue weighted by Gasteiger charge is 2.12. The highest BCUT2D eigenvalue weighted by atomic mass is 79.9. The SMILES string of the molecule is O=C(COc1c(Cl)cc(Cl)cc1Br)NNC(=O)Cc1ccccc1. The Morgan fingerprint density at radius 3 is 2.38 bits per heavy atom. The molecule has 0 spiro atoms. The molecule has 126 valence electrons. The Bertz CT molecular complexity index is 718. The van der Waals surface area contributed by atoms with E-state index in [0.29, 0.717) is 15.2 Å². The second kappa shape index (κ2) is 8.92. The molecule has 0 radical (unpaired) electrons. The molecule has 2 amide bonds. The number of carbonyl (C=O) groups is 2. The van der Waals surface area contributed by atoms with Crippen LogP contribution in [0.5, 0.6) is 5.75 Å². The molecule has 0 saturated carbocycles. The van der Waals surface area contributed by atoms with E-state index in [0.717, 1.165) is 5.56 Å². The highest BCUT2D eigenvalue weighted by Crippen LogP contribution is 2.35. The quantitative estimate of drug-likeness (QED) is 0.711. The van der Waals surface area contributed by atoms with Gasteiger partial charge in [-0.1, -0.05) is 53.5 Å². The van der Waals surface area contributed by atoms with Gasteiger partial charge in [-0.25, -0.2) is 0 Å². The molecule has 0 aliphatic carbocycles. The van der Waals surface area contributed by atoms with E-state index in [1.807, 2.05) is 30.3 Å². The minimum atomic E-state index is -0.519. The third-order valence-electron chi connectivity index (χ3n) is 2.86. The third-order valence-corrected chi connectivity index (χ3v) is 3.95. The molecule has 8 heteroatoms. The molecule has 0 bridgehead atoms. The standard InChI is InChI=1S/C16H13BrCl2N2O3/c17-12-7-11(18)8-13(19)16(12)24-9-15(23)21-20-14(22)6-10-4-2-1-3-5-10/h1-5,7-8H,6,9H2,(H,20,22)(H,21,23). The van der Waals surface area contributed by atoms with Gasteiger partial charge in [-0.3, -0.25) is 20.4 Å². The zero-order valence-corrected chi connectivity index (χ0v) is 15.4. The minimum Gasteiger partial charge on any atom is -0.481 e. The van der Waals surface area contributed by atoms with E-state index in [1.165, 1.54) is 6.07 Å². The van der Waals surface area contributed by atoms with Gasteiger partial charge in [-0.2, -0.15) is 0 Å². The molecule has 0 heterocycles. The number of rotatable bonds is 5. The molecule has 2 rings (SSSR count). The van der Waals surface area contributed by atoms with Crippen molar-refractivity contribution in [3.8, 4) is 5.75 Å². The third kappa shape index (κ3) is 5.70. The predicted octanol–water partition coefficient (Wildman–Crippen LogP) is 3.52. The lowest BCUT2D eigenvalue weighted by Crippen LogP contribution is -2.44. The maximum Gasteiger partial charge on any atom is 0.276 e. The average Bonchev–Trinajstić information content (AvgIpc) is 2.53. The summed E-state index contributed by atoms with van der Waals surface area (Å²) in [5.74, 6) is -0.554. The Morgan fingerprint density at radius 1 is 1.04 bits per heavy atom. The fraction of sp³-hybridized carbons (Fsp3) is 0.125. The van der Waals surface area contributed by atoms with Crippen LogP contribution in [0.25, 0.3) is 0 Å². The van der Waals surface area contributed by atoms with Crippen molar-refractivity contribution in [1.82, 2.24) is 10.9 Å². The summed E-state index contributed by atoms with van der Waals surface area (Å²) in [4.78, 5) is 23.5. The van der Waals surface area contributed by atoms with Gasteiger partial charge in [-0.05, 0) is 33.6 Å². The normalized spacial score (nSPS) is 10.1. The molecular formula is C16H13BrCl2N2O3. The molecule has 2 aromatic carbocycles. The lowest BCUT2D eigenvalue weighted by Gasteiger charge is -2.11. The number of nitrogens with one attached hydrogen (secondary N) is 2. The number of ether oxygens (including phenoxy) is 1. The Balaban J connectivity index is 1.79. The van der Waals surface area contributed by atoms with Crippen LogP contribution in [-0.2, 0) is 16.0 Å². The van der Waals surface area contributed by atoms with Crippen molar-refractivity contribution in [2.45, 2.75) is 6.42 Å². The van der Waals surface area contributed by atoms with Gasteiger partial charge in [0.2, 0.25) is 5.91 Å². The number of halogens is 3. The first-order chi connectivity index (χ1) is 11.5. The van der Waals surface area contributed by atoms with Crippen LogP contribution in [0.4, 0.5) is 0 Å². The van der Waals surface area contributed by atoms with Crippen molar-refractivity contribution in [2.24, 2.45) is 0 Å². The Labute approximate surface area is 157 Å². The van der Waals surface area contributed by atoms with E-state index in [2.05, 4.69) is 26.8 Å². The second-order valence-electron chi connectivity index (χ2n) is 4.75. The Morgan fingerprint density at radius 2 is 1.71 bits per heavy atom. The molecule has 2 N–H and O–H groups in total. The van der Waals surface area contributed by atoms with Crippen molar-refractivity contribution in [2.75, 3.05) is 6.61 Å². The number of amides is 2. The van der Waals surface area contributed by atoms with Gasteiger partial charge in [0.1, 0.15) is 0 Å². The largest absolute Gasteiger partial charge is 0.481 e. The van der Waals surface area contributed by atoms with Crippen molar-refractivity contribution in [1.29, 1.82) is 0 Å². The summed E-state index contributed by atoms with van der Waals surface area (Å²) < 4.78 is 5.86. The van der Waals surface area contributed by atoms with Crippen LogP contribution in [0.15, 0.2) is 46.9 Å². The fourth-order valence-electron chi connectivity index (χ4n) is 1.81. The van der Waals surface area contributed by atoms with E-state index in [1.54, 1.807) is 6.07 Å². The van der Waals surface area contributed by atoms with Crippen LogP contribution in [0.2, 0.25) is 10.0 Å². The number of benzene rings is 2. The van der Waals surface area contributed by atoms with Crippen LogP contribution in [0.1, 0.15) is 5.56 Å². The molecule has 0 aliphatic rings. The highest BCUT2D eigenvalue weighted by molar-refractivity contribution is 9.10. The molecular weight excluding hydrogens is 419 g/mol. The molecule has 0 atom stereocenters. The number of hydrogen-bond acceptors (Lipinski definition) is 3. The molecule has 0 saturated heterocycles. The first kappa shape index (κ1) is 18.6. The molecule has 5 nitrogen and oxygen atoms in total. The summed E-state index contributed by atoms with van der Waals surface area (Å²) in [6.07, 6.45) is 0.163. The number of hydrazine groups is 1. The summed E-state index contributed by atoms with van der Waals surface area (Å²) in [6.45, 7) is -0.314. The molecule has 0 fully saturated rings. The first-order valence-electron chi connectivity index (χ1n) is 6.84. The van der Waals surface area contributed by atoms with E-state index in [4.69, 9.17) is 27.9 Å². The molecule has 0 unspecified atom stereocenters. The molecule has 0 aromatic heterocycles. The molecule has 2 aromatic rings. The van der Waals surface area contributed by atoms with E-state index < -0.39 is 5.91 Å². The lowest BCUT2D eigenvalue weighted by atomic mass is 10.1. The first-order valence-corrected chi connectivity index (χ1v) is 8.39. The zero-order valence-electron chi connectivity index (χ0n) is 12.3. The van der Waals surface area contributed by atoms with Crippen LogP contribution >= 0.6 is 39.1 Å². The van der Waals surface area contributed by atoms with Gasteiger partial charge in [0.05, 0.1) is 15.9 Å². The van der Waals surface area contributed by atoms with Crippen molar-refractivity contribution >= 4 is 50.9 Å². The van der Waals surface area contributed by atoms with Gasteiger partial charge in [0.25, 0.3) is 5.91 Å². The van der Waals surface area contributed by atoms with Crippen LogP contribution in [0, 0.1) is 0 Å². The summed E-state index contributed by atoms with van der Waals surface area (Å²) >= 11 is 15.1. The smallest absolute Gasteiger partial charge is 0.276 e. The summed E-state index contributed by atoms with van der Waals surface area (Å²) in [5, 5.41) is 0.715. The van der Waals surface area contributed by atoms with Gasteiger partial charge in [0, 0.05) is 5.02 Å². The van der Waals surface area contributed by atoms with Crippen LogP contribution in [0.3, 0.4) is 0 Å². The van der Waals surface area contributed by atoms with Crippen LogP contribution < -0.4 is 15.6 Å². The predicted molar refractivity (Wildman–Crippen MR) is 96.1 cm³/mol. The second-order valence-corrected chi connectivity index (χ2v) is 6.44. The topological polar surface area (TPSA) is 67.4 Å². The van der Waals surface area contributed by atoms with Crippen molar-refractivity contribution in [3.63, 3.8) is 0 Å². The minimum absolute atomic E-state index is 0.163. The summed E-state index contributed by atoms with van der Waals surface area (Å²) in [6, 6.07) is 12.3. The van der Waals surface area contributed by atoms with Crippen molar-refractivity contribution in [3.05, 3.63) is 62.5 Å². The fourth-order valence-corrected chi connectivity index (χ4v) is 3.17. The Kier molecular flexibility index (Phi) is 6.90. The van der Waals surface area contributed by atoms with Gasteiger partial charge in [0.15, 0.2) is 12.4 Å². The Hall–Kier alpha value is -1.76. The van der Waals surface area contributed by atoms with Gasteiger partial charge >= 0.3 is 0 Å². The van der Waals surface area contributed by atoms with E-state index in [9.17, 15) is 9.59 Å². The maximum absolute atomic E-state index is 11.7. The van der Waals surface area contributed by atoms with E-state index >= 15 is 0 Å². The maximum atomic E-state index is 11.7. The van der Waals surface area contributed by atoms with Crippen molar-refractivity contribution < 1.29 is 14.3 Å². The monoisotopic (exact) mass is 430 g/mol. The molecule has 0 aliphatic heterocycles. The zero-order chi connectivity index (χ0) is 17.5. The van der Waals surface area contributed by atoms with E-state index in [-0.39, 0.29) is 24.0 Å². The lowest BCUT2D eigenvalue weighted by molar-refractivity contribution is -0.129. The summed E-state index contributed by atoms with van der Waals surface area (Å²) in [7, 11) is 0.